The van der Waals surface area contributed by atoms with Gasteiger partial charge in [0.05, 0.1) is 20.8 Å². The summed E-state index contributed by atoms with van der Waals surface area (Å²) in [6.45, 7) is 0. The molecule has 1 aliphatic carbocycles. The van der Waals surface area contributed by atoms with Gasteiger partial charge in [0.1, 0.15) is 10.5 Å². The molecule has 0 N–H and O–H groups in total. The van der Waals surface area contributed by atoms with Gasteiger partial charge in [-0.1, -0.05) is 19.3 Å². The third kappa shape index (κ3) is 2.25. The molecular weight excluding hydrogens is 286 g/mol. The molecule has 0 aliphatic heterocycles. The maximum atomic E-state index is 4.67. The molecule has 20 heavy (non-hydrogen) atoms. The van der Waals surface area contributed by atoms with E-state index in [1.165, 1.54) is 46.7 Å². The first kappa shape index (κ1) is 12.4. The Morgan fingerprint density at radius 2 is 1.95 bits per heavy atom. The molecule has 1 saturated carbocycles. The molecule has 0 amide bonds. The van der Waals surface area contributed by atoms with E-state index in [2.05, 4.69) is 15.0 Å². The van der Waals surface area contributed by atoms with Gasteiger partial charge in [-0.2, -0.15) is 0 Å². The first-order valence-corrected chi connectivity index (χ1v) is 8.70. The van der Waals surface area contributed by atoms with Crippen LogP contribution in [0.1, 0.15) is 43.0 Å². The lowest BCUT2D eigenvalue weighted by atomic mass is 9.90. The lowest BCUT2D eigenvalue weighted by Gasteiger charge is -2.18. The van der Waals surface area contributed by atoms with Gasteiger partial charge < -0.3 is 0 Å². The van der Waals surface area contributed by atoms with Gasteiger partial charge >= 0.3 is 0 Å². The lowest BCUT2D eigenvalue weighted by molar-refractivity contribution is 0.442. The van der Waals surface area contributed by atoms with Crippen molar-refractivity contribution in [1.29, 1.82) is 0 Å². The van der Waals surface area contributed by atoms with Crippen LogP contribution in [0.5, 0.6) is 0 Å². The Morgan fingerprint density at radius 1 is 1.05 bits per heavy atom. The first-order chi connectivity index (χ1) is 9.90. The minimum atomic E-state index is 0.679. The second kappa shape index (κ2) is 5.22. The Hall–Kier alpha value is -1.33. The maximum absolute atomic E-state index is 4.67. The maximum Gasteiger partial charge on any atom is 0.136 e. The third-order valence-corrected chi connectivity index (χ3v) is 6.24. The molecule has 102 valence electrons. The smallest absolute Gasteiger partial charge is 0.136 e. The van der Waals surface area contributed by atoms with E-state index < -0.39 is 0 Å². The zero-order valence-electron chi connectivity index (χ0n) is 11.1. The predicted molar refractivity (Wildman–Crippen MR) is 84.3 cm³/mol. The van der Waals surface area contributed by atoms with Gasteiger partial charge in [-0.15, -0.1) is 22.7 Å². The van der Waals surface area contributed by atoms with E-state index in [9.17, 15) is 0 Å². The average Bonchev–Trinajstić information content (AvgIpc) is 3.14. The molecule has 0 aromatic carbocycles. The van der Waals surface area contributed by atoms with Crippen molar-refractivity contribution in [2.24, 2.45) is 0 Å². The highest BCUT2D eigenvalue weighted by Gasteiger charge is 2.19. The number of thiazole rings is 2. The van der Waals surface area contributed by atoms with Gasteiger partial charge in [-0.05, 0) is 18.9 Å². The number of hydrogen-bond acceptors (Lipinski definition) is 5. The number of hydrogen-bond donors (Lipinski definition) is 0. The molecule has 3 nitrogen and oxygen atoms in total. The molecule has 0 unspecified atom stereocenters. The summed E-state index contributed by atoms with van der Waals surface area (Å²) in [5, 5.41) is 2.38. The molecule has 0 spiro atoms. The van der Waals surface area contributed by atoms with Gasteiger partial charge in [0, 0.05) is 18.3 Å². The van der Waals surface area contributed by atoms with Crippen LogP contribution in [0.25, 0.3) is 20.1 Å². The molecule has 1 aliphatic rings. The topological polar surface area (TPSA) is 38.7 Å². The van der Waals surface area contributed by atoms with Crippen LogP contribution in [-0.2, 0) is 0 Å². The van der Waals surface area contributed by atoms with Crippen LogP contribution in [0.15, 0.2) is 24.7 Å². The van der Waals surface area contributed by atoms with Crippen molar-refractivity contribution in [3.05, 3.63) is 29.7 Å². The van der Waals surface area contributed by atoms with E-state index in [0.717, 1.165) is 10.5 Å². The Labute approximate surface area is 125 Å². The lowest BCUT2D eigenvalue weighted by Crippen LogP contribution is -2.03. The minimum Gasteiger partial charge on any atom is -0.262 e. The number of fused-ring (bicyclic) bond motifs is 1. The largest absolute Gasteiger partial charge is 0.262 e. The van der Waals surface area contributed by atoms with Crippen molar-refractivity contribution in [1.82, 2.24) is 15.0 Å². The Kier molecular flexibility index (Phi) is 3.24. The van der Waals surface area contributed by atoms with Crippen LogP contribution in [0.2, 0.25) is 0 Å². The van der Waals surface area contributed by atoms with E-state index in [4.69, 9.17) is 0 Å². The zero-order chi connectivity index (χ0) is 13.4. The standard InChI is InChI=1S/C15H15N3S2/c1-2-4-10(5-3-1)14-17-9-13(20-14)15-18-11-8-16-7-6-12(11)19-15/h6-10H,1-5H2. The normalized spacial score (nSPS) is 16.8. The van der Waals surface area contributed by atoms with Crippen molar-refractivity contribution < 1.29 is 0 Å². The van der Waals surface area contributed by atoms with E-state index >= 15 is 0 Å². The number of pyridine rings is 1. The second-order valence-electron chi connectivity index (χ2n) is 5.26. The fraction of sp³-hybridized carbons (Fsp3) is 0.400. The third-order valence-electron chi connectivity index (χ3n) is 3.88. The monoisotopic (exact) mass is 301 g/mol. The molecule has 0 atom stereocenters. The van der Waals surface area contributed by atoms with Gasteiger partial charge in [0.2, 0.25) is 0 Å². The summed E-state index contributed by atoms with van der Waals surface area (Å²) in [6, 6.07) is 2.03. The number of rotatable bonds is 2. The summed E-state index contributed by atoms with van der Waals surface area (Å²) in [7, 11) is 0. The highest BCUT2D eigenvalue weighted by atomic mass is 32.1. The fourth-order valence-electron chi connectivity index (χ4n) is 2.81. The Balaban J connectivity index is 1.66. The summed E-state index contributed by atoms with van der Waals surface area (Å²) >= 11 is 3.55. The van der Waals surface area contributed by atoms with E-state index in [0.29, 0.717) is 5.92 Å². The van der Waals surface area contributed by atoms with Crippen molar-refractivity contribution in [3.8, 4) is 9.88 Å². The van der Waals surface area contributed by atoms with Crippen molar-refractivity contribution in [2.75, 3.05) is 0 Å². The highest BCUT2D eigenvalue weighted by molar-refractivity contribution is 7.25. The van der Waals surface area contributed by atoms with Crippen molar-refractivity contribution in [3.63, 3.8) is 0 Å². The SMILES string of the molecule is c1cc2sc(-c3cnc(C4CCCCC4)s3)nc2cn1. The highest BCUT2D eigenvalue weighted by Crippen LogP contribution is 2.39. The molecule has 0 radical (unpaired) electrons. The number of nitrogens with zero attached hydrogens (tertiary/aromatic N) is 3. The quantitative estimate of drug-likeness (QED) is 0.678. The second-order valence-corrected chi connectivity index (χ2v) is 7.35. The first-order valence-electron chi connectivity index (χ1n) is 7.07. The van der Waals surface area contributed by atoms with Crippen molar-refractivity contribution >= 4 is 32.9 Å². The van der Waals surface area contributed by atoms with E-state index in [1.807, 2.05) is 36.0 Å². The average molecular weight is 301 g/mol. The summed E-state index contributed by atoms with van der Waals surface area (Å²) in [5.41, 5.74) is 0.986. The van der Waals surface area contributed by atoms with Gasteiger partial charge in [0.25, 0.3) is 0 Å². The molecular formula is C15H15N3S2. The molecule has 1 fully saturated rings. The minimum absolute atomic E-state index is 0.679. The molecule has 3 aromatic rings. The molecule has 5 heteroatoms. The number of aromatic nitrogens is 3. The molecule has 0 saturated heterocycles. The van der Waals surface area contributed by atoms with Crippen molar-refractivity contribution in [2.45, 2.75) is 38.0 Å². The fourth-order valence-corrected chi connectivity index (χ4v) is 4.87. The summed E-state index contributed by atoms with van der Waals surface area (Å²) < 4.78 is 1.20. The molecule has 0 bridgehead atoms. The molecule has 3 aromatic heterocycles. The van der Waals surface area contributed by atoms with E-state index in [-0.39, 0.29) is 0 Å². The van der Waals surface area contributed by atoms with Crippen LogP contribution in [0, 0.1) is 0 Å². The van der Waals surface area contributed by atoms with Crippen LogP contribution in [0.4, 0.5) is 0 Å². The summed E-state index contributed by atoms with van der Waals surface area (Å²) in [4.78, 5) is 14.7. The van der Waals surface area contributed by atoms with Crippen LogP contribution < -0.4 is 0 Å². The van der Waals surface area contributed by atoms with Gasteiger partial charge in [-0.25, -0.2) is 9.97 Å². The van der Waals surface area contributed by atoms with Gasteiger partial charge in [0.15, 0.2) is 0 Å². The molecule has 4 rings (SSSR count). The van der Waals surface area contributed by atoms with E-state index in [1.54, 1.807) is 11.3 Å². The Bertz CT molecular complexity index is 692. The Morgan fingerprint density at radius 3 is 2.80 bits per heavy atom. The van der Waals surface area contributed by atoms with Crippen LogP contribution in [-0.4, -0.2) is 15.0 Å². The summed E-state index contributed by atoms with van der Waals surface area (Å²) in [6.07, 6.45) is 12.4. The van der Waals surface area contributed by atoms with Gasteiger partial charge in [-0.3, -0.25) is 4.98 Å². The summed E-state index contributed by atoms with van der Waals surface area (Å²) in [5.74, 6) is 0.679. The predicted octanol–water partition coefficient (Wildman–Crippen LogP) is 4.86. The van der Waals surface area contributed by atoms with Crippen LogP contribution in [0.3, 0.4) is 0 Å². The van der Waals surface area contributed by atoms with Crippen LogP contribution >= 0.6 is 22.7 Å². The zero-order valence-corrected chi connectivity index (χ0v) is 12.7. The molecule has 3 heterocycles.